The van der Waals surface area contributed by atoms with Gasteiger partial charge in [0.15, 0.2) is 0 Å². The van der Waals surface area contributed by atoms with Crippen LogP contribution in [0.25, 0.3) is 0 Å². The van der Waals surface area contributed by atoms with E-state index in [1.54, 1.807) is 6.92 Å². The smallest absolute Gasteiger partial charge is 0.305 e. The lowest BCUT2D eigenvalue weighted by Gasteiger charge is -2.28. The Bertz CT molecular complexity index is 173. The Morgan fingerprint density at radius 3 is 2.92 bits per heavy atom. The van der Waals surface area contributed by atoms with Gasteiger partial charge in [-0.25, -0.2) is 0 Å². The predicted octanol–water partition coefficient (Wildman–Crippen LogP) is 0.357. The Kier molecular flexibility index (Phi) is 2.69. The Hall–Kier alpha value is -0.610. The van der Waals surface area contributed by atoms with Gasteiger partial charge in [-0.05, 0) is 19.8 Å². The molecule has 4 heteroatoms. The molecule has 4 nitrogen and oxygen atoms in total. The van der Waals surface area contributed by atoms with Gasteiger partial charge in [-0.1, -0.05) is 0 Å². The van der Waals surface area contributed by atoms with Crippen molar-refractivity contribution in [3.63, 3.8) is 0 Å². The van der Waals surface area contributed by atoms with Gasteiger partial charge in [-0.2, -0.15) is 0 Å². The summed E-state index contributed by atoms with van der Waals surface area (Å²) in [5.74, 6) is -0.865. The van der Waals surface area contributed by atoms with Crippen LogP contribution in [-0.2, 0) is 9.53 Å². The summed E-state index contributed by atoms with van der Waals surface area (Å²) in [5, 5.41) is 8.57. The van der Waals surface area contributed by atoms with Crippen molar-refractivity contribution in [2.75, 3.05) is 6.61 Å². The first-order valence-electron chi connectivity index (χ1n) is 4.14. The molecule has 1 aliphatic rings. The van der Waals surface area contributed by atoms with E-state index in [-0.39, 0.29) is 12.5 Å². The number of nitrogens with two attached hydrogens (primary N) is 1. The maximum atomic E-state index is 10.4. The van der Waals surface area contributed by atoms with Gasteiger partial charge < -0.3 is 15.6 Å². The molecule has 1 rings (SSSR count). The van der Waals surface area contributed by atoms with Crippen molar-refractivity contribution >= 4 is 5.97 Å². The SMILES string of the molecule is CC(N)(CC(=O)O)C1CCCO1. The lowest BCUT2D eigenvalue weighted by molar-refractivity contribution is -0.139. The molecule has 0 spiro atoms. The number of ether oxygens (including phenoxy) is 1. The summed E-state index contributed by atoms with van der Waals surface area (Å²) in [4.78, 5) is 10.4. The molecule has 0 aromatic rings. The molecule has 0 aromatic heterocycles. The lowest BCUT2D eigenvalue weighted by atomic mass is 9.90. The Morgan fingerprint density at radius 1 is 1.83 bits per heavy atom. The highest BCUT2D eigenvalue weighted by molar-refractivity contribution is 5.68. The quantitative estimate of drug-likeness (QED) is 0.646. The van der Waals surface area contributed by atoms with E-state index in [0.717, 1.165) is 12.8 Å². The van der Waals surface area contributed by atoms with Gasteiger partial charge in [0.25, 0.3) is 0 Å². The van der Waals surface area contributed by atoms with Crippen molar-refractivity contribution in [1.29, 1.82) is 0 Å². The van der Waals surface area contributed by atoms with Crippen LogP contribution in [0.3, 0.4) is 0 Å². The van der Waals surface area contributed by atoms with E-state index < -0.39 is 11.5 Å². The van der Waals surface area contributed by atoms with E-state index in [9.17, 15) is 4.79 Å². The summed E-state index contributed by atoms with van der Waals surface area (Å²) in [6.45, 7) is 2.44. The zero-order valence-electron chi connectivity index (χ0n) is 7.25. The van der Waals surface area contributed by atoms with Crippen LogP contribution in [0.15, 0.2) is 0 Å². The van der Waals surface area contributed by atoms with E-state index in [1.807, 2.05) is 0 Å². The van der Waals surface area contributed by atoms with E-state index in [0.29, 0.717) is 6.61 Å². The topological polar surface area (TPSA) is 72.6 Å². The first-order valence-corrected chi connectivity index (χ1v) is 4.14. The molecule has 12 heavy (non-hydrogen) atoms. The molecule has 0 saturated carbocycles. The van der Waals surface area contributed by atoms with E-state index in [4.69, 9.17) is 15.6 Å². The highest BCUT2D eigenvalue weighted by atomic mass is 16.5. The third-order valence-corrected chi connectivity index (χ3v) is 2.20. The molecule has 0 bridgehead atoms. The van der Waals surface area contributed by atoms with Crippen molar-refractivity contribution in [3.05, 3.63) is 0 Å². The molecule has 0 aliphatic carbocycles. The number of rotatable bonds is 3. The molecule has 3 N–H and O–H groups in total. The van der Waals surface area contributed by atoms with E-state index >= 15 is 0 Å². The predicted molar refractivity (Wildman–Crippen MR) is 43.8 cm³/mol. The molecular formula is C8H15NO3. The summed E-state index contributed by atoms with van der Waals surface area (Å²) in [5.41, 5.74) is 5.10. The van der Waals surface area contributed by atoms with Crippen LogP contribution in [0.1, 0.15) is 26.2 Å². The van der Waals surface area contributed by atoms with Crippen LogP contribution < -0.4 is 5.73 Å². The molecule has 1 heterocycles. The number of hydrogen-bond acceptors (Lipinski definition) is 3. The fourth-order valence-corrected chi connectivity index (χ4v) is 1.54. The molecule has 1 saturated heterocycles. The molecular weight excluding hydrogens is 158 g/mol. The molecule has 1 aliphatic heterocycles. The van der Waals surface area contributed by atoms with Crippen LogP contribution in [0.2, 0.25) is 0 Å². The maximum absolute atomic E-state index is 10.4. The fourth-order valence-electron chi connectivity index (χ4n) is 1.54. The molecule has 2 atom stereocenters. The molecule has 70 valence electrons. The lowest BCUT2D eigenvalue weighted by Crippen LogP contribution is -2.49. The minimum Gasteiger partial charge on any atom is -0.481 e. The summed E-state index contributed by atoms with van der Waals surface area (Å²) >= 11 is 0. The number of hydrogen-bond donors (Lipinski definition) is 2. The number of carboxylic acid groups (broad SMARTS) is 1. The van der Waals surface area contributed by atoms with Crippen molar-refractivity contribution < 1.29 is 14.6 Å². The molecule has 0 radical (unpaired) electrons. The molecule has 0 aromatic carbocycles. The van der Waals surface area contributed by atoms with Gasteiger partial charge in [0, 0.05) is 12.1 Å². The van der Waals surface area contributed by atoms with Gasteiger partial charge in [-0.3, -0.25) is 4.79 Å². The second-order valence-corrected chi connectivity index (χ2v) is 3.58. The minimum atomic E-state index is -0.865. The second kappa shape index (κ2) is 3.41. The van der Waals surface area contributed by atoms with Gasteiger partial charge in [0.05, 0.1) is 12.5 Å². The highest BCUT2D eigenvalue weighted by Crippen LogP contribution is 2.24. The monoisotopic (exact) mass is 173 g/mol. The van der Waals surface area contributed by atoms with Crippen molar-refractivity contribution in [2.24, 2.45) is 5.73 Å². The van der Waals surface area contributed by atoms with Gasteiger partial charge in [-0.15, -0.1) is 0 Å². The average molecular weight is 173 g/mol. The number of carboxylic acids is 1. The Morgan fingerprint density at radius 2 is 2.50 bits per heavy atom. The zero-order chi connectivity index (χ0) is 9.19. The zero-order valence-corrected chi connectivity index (χ0v) is 7.25. The largest absolute Gasteiger partial charge is 0.481 e. The van der Waals surface area contributed by atoms with E-state index in [1.165, 1.54) is 0 Å². The Balaban J connectivity index is 2.50. The van der Waals surface area contributed by atoms with Crippen LogP contribution in [0.5, 0.6) is 0 Å². The van der Waals surface area contributed by atoms with Gasteiger partial charge in [0.2, 0.25) is 0 Å². The van der Waals surface area contributed by atoms with Crippen molar-refractivity contribution in [2.45, 2.75) is 37.8 Å². The van der Waals surface area contributed by atoms with Crippen LogP contribution in [0, 0.1) is 0 Å². The fraction of sp³-hybridized carbons (Fsp3) is 0.875. The standard InChI is InChI=1S/C8H15NO3/c1-8(9,5-7(10)11)6-3-2-4-12-6/h6H,2-5,9H2,1H3,(H,10,11). The normalized spacial score (nSPS) is 28.3. The molecule has 2 unspecified atom stereocenters. The highest BCUT2D eigenvalue weighted by Gasteiger charge is 2.35. The van der Waals surface area contributed by atoms with Crippen LogP contribution >= 0.6 is 0 Å². The van der Waals surface area contributed by atoms with Crippen LogP contribution in [-0.4, -0.2) is 29.3 Å². The van der Waals surface area contributed by atoms with Gasteiger partial charge >= 0.3 is 5.97 Å². The third-order valence-electron chi connectivity index (χ3n) is 2.20. The maximum Gasteiger partial charge on any atom is 0.305 e. The average Bonchev–Trinajstić information content (AvgIpc) is 2.32. The first-order chi connectivity index (χ1) is 5.52. The Labute approximate surface area is 71.7 Å². The minimum absolute atomic E-state index is 0.0301. The summed E-state index contributed by atoms with van der Waals surface area (Å²) in [6.07, 6.45) is 1.74. The summed E-state index contributed by atoms with van der Waals surface area (Å²) in [6, 6.07) is 0. The summed E-state index contributed by atoms with van der Waals surface area (Å²) < 4.78 is 5.33. The van der Waals surface area contributed by atoms with E-state index in [2.05, 4.69) is 0 Å². The number of aliphatic carboxylic acids is 1. The van der Waals surface area contributed by atoms with Crippen molar-refractivity contribution in [3.8, 4) is 0 Å². The van der Waals surface area contributed by atoms with Crippen molar-refractivity contribution in [1.82, 2.24) is 0 Å². The van der Waals surface area contributed by atoms with Gasteiger partial charge in [0.1, 0.15) is 0 Å². The number of carbonyl (C=O) groups is 1. The molecule has 0 amide bonds. The third kappa shape index (κ3) is 2.19. The first kappa shape index (κ1) is 9.48. The second-order valence-electron chi connectivity index (χ2n) is 3.58. The summed E-state index contributed by atoms with van der Waals surface area (Å²) in [7, 11) is 0. The molecule has 1 fully saturated rings. The van der Waals surface area contributed by atoms with Crippen LogP contribution in [0.4, 0.5) is 0 Å².